The first-order valence-corrected chi connectivity index (χ1v) is 6.79. The van der Waals surface area contributed by atoms with Crippen LogP contribution in [0.3, 0.4) is 0 Å². The second-order valence-corrected chi connectivity index (χ2v) is 5.08. The van der Waals surface area contributed by atoms with Gasteiger partial charge in [0, 0.05) is 18.7 Å². The van der Waals surface area contributed by atoms with E-state index in [9.17, 15) is 9.18 Å². The van der Waals surface area contributed by atoms with E-state index >= 15 is 0 Å². The van der Waals surface area contributed by atoms with E-state index in [0.717, 1.165) is 13.1 Å². The van der Waals surface area contributed by atoms with E-state index in [-0.39, 0.29) is 17.8 Å². The highest BCUT2D eigenvalue weighted by molar-refractivity contribution is 5.51. The van der Waals surface area contributed by atoms with Crippen molar-refractivity contribution in [1.82, 2.24) is 14.7 Å². The van der Waals surface area contributed by atoms with Gasteiger partial charge in [0.05, 0.1) is 12.7 Å². The van der Waals surface area contributed by atoms with E-state index in [1.807, 2.05) is 6.92 Å². The van der Waals surface area contributed by atoms with Crippen molar-refractivity contribution in [3.8, 4) is 11.5 Å². The molecule has 1 unspecified atom stereocenters. The zero-order valence-corrected chi connectivity index (χ0v) is 11.7. The van der Waals surface area contributed by atoms with Crippen molar-refractivity contribution >= 4 is 0 Å². The van der Waals surface area contributed by atoms with Crippen molar-refractivity contribution in [3.05, 3.63) is 40.6 Å². The number of hydrogen-bond acceptors (Lipinski definition) is 5. The highest BCUT2D eigenvalue weighted by Crippen LogP contribution is 2.15. The lowest BCUT2D eigenvalue weighted by atomic mass is 10.2. The van der Waals surface area contributed by atoms with Crippen LogP contribution in [-0.4, -0.2) is 40.5 Å². The van der Waals surface area contributed by atoms with E-state index < -0.39 is 5.76 Å². The number of ether oxygens (including phenoxy) is 1. The molecule has 0 radical (unpaired) electrons. The molecule has 0 N–H and O–H groups in total. The van der Waals surface area contributed by atoms with Crippen molar-refractivity contribution in [2.75, 3.05) is 19.7 Å². The molecule has 1 atom stereocenters. The Morgan fingerprint density at radius 2 is 2.14 bits per heavy atom. The van der Waals surface area contributed by atoms with Gasteiger partial charge in [-0.25, -0.2) is 9.18 Å². The van der Waals surface area contributed by atoms with Crippen LogP contribution in [0, 0.1) is 5.82 Å². The van der Waals surface area contributed by atoms with Gasteiger partial charge >= 0.3 is 5.76 Å². The summed E-state index contributed by atoms with van der Waals surface area (Å²) in [7, 11) is 0. The minimum absolute atomic E-state index is 0.137. The summed E-state index contributed by atoms with van der Waals surface area (Å²) in [5.41, 5.74) is 0.572. The average molecular weight is 293 g/mol. The maximum absolute atomic E-state index is 12.9. The van der Waals surface area contributed by atoms with Crippen LogP contribution in [0.1, 0.15) is 6.92 Å². The molecule has 0 saturated carbocycles. The maximum Gasteiger partial charge on any atom is 0.438 e. The molecule has 1 fully saturated rings. The summed E-state index contributed by atoms with van der Waals surface area (Å²) in [4.78, 5) is 13.9. The topological polar surface area (TPSA) is 60.5 Å². The first-order valence-electron chi connectivity index (χ1n) is 6.79. The van der Waals surface area contributed by atoms with Crippen LogP contribution in [0.25, 0.3) is 11.5 Å². The lowest BCUT2D eigenvalue weighted by Crippen LogP contribution is -2.43. The van der Waals surface area contributed by atoms with Gasteiger partial charge in [0.15, 0.2) is 0 Å². The Morgan fingerprint density at radius 3 is 2.86 bits per heavy atom. The zero-order chi connectivity index (χ0) is 14.8. The molecule has 1 aromatic carbocycles. The molecule has 1 aromatic heterocycles. The molecule has 6 nitrogen and oxygen atoms in total. The van der Waals surface area contributed by atoms with Crippen molar-refractivity contribution in [3.63, 3.8) is 0 Å². The van der Waals surface area contributed by atoms with Gasteiger partial charge in [-0.2, -0.15) is 4.68 Å². The number of hydrogen-bond donors (Lipinski definition) is 0. The normalized spacial score (nSPS) is 19.8. The summed E-state index contributed by atoms with van der Waals surface area (Å²) >= 11 is 0. The maximum atomic E-state index is 12.9. The molecular weight excluding hydrogens is 277 g/mol. The average Bonchev–Trinajstić information content (AvgIpc) is 2.81. The molecule has 1 saturated heterocycles. The number of nitrogens with zero attached hydrogens (tertiary/aromatic N) is 3. The Labute approximate surface area is 120 Å². The first kappa shape index (κ1) is 14.0. The number of halogens is 1. The molecule has 0 aliphatic carbocycles. The molecule has 1 aliphatic heterocycles. The quantitative estimate of drug-likeness (QED) is 0.854. The van der Waals surface area contributed by atoms with E-state index in [0.29, 0.717) is 18.8 Å². The SMILES string of the molecule is CC1CN(Cn2nc(-c3ccc(F)cc3)oc2=O)CCO1. The largest absolute Gasteiger partial charge is 0.438 e. The van der Waals surface area contributed by atoms with Crippen LogP contribution in [-0.2, 0) is 11.4 Å². The third kappa shape index (κ3) is 3.20. The Hall–Kier alpha value is -1.99. The van der Waals surface area contributed by atoms with Crippen LogP contribution in [0.5, 0.6) is 0 Å². The minimum Gasteiger partial charge on any atom is -0.388 e. The molecule has 1 aliphatic rings. The lowest BCUT2D eigenvalue weighted by molar-refractivity contribution is -0.0312. The third-order valence-corrected chi connectivity index (χ3v) is 3.36. The molecule has 2 heterocycles. The van der Waals surface area contributed by atoms with Crippen molar-refractivity contribution in [2.24, 2.45) is 0 Å². The second-order valence-electron chi connectivity index (χ2n) is 5.08. The van der Waals surface area contributed by atoms with Gasteiger partial charge < -0.3 is 9.15 Å². The van der Waals surface area contributed by atoms with Crippen LogP contribution in [0.2, 0.25) is 0 Å². The Kier molecular flexibility index (Phi) is 3.85. The fraction of sp³-hybridized carbons (Fsp3) is 0.429. The summed E-state index contributed by atoms with van der Waals surface area (Å²) in [6.45, 7) is 4.47. The molecular formula is C14H16FN3O3. The van der Waals surface area contributed by atoms with Gasteiger partial charge in [0.25, 0.3) is 0 Å². The Balaban J connectivity index is 1.78. The van der Waals surface area contributed by atoms with Gasteiger partial charge in [-0.1, -0.05) is 0 Å². The summed E-state index contributed by atoms with van der Waals surface area (Å²) in [5, 5.41) is 4.16. The highest BCUT2D eigenvalue weighted by atomic mass is 19.1. The van der Waals surface area contributed by atoms with Gasteiger partial charge in [0.1, 0.15) is 12.5 Å². The standard InChI is InChI=1S/C14H16FN3O3/c1-10-8-17(6-7-20-10)9-18-14(19)21-13(16-18)11-2-4-12(15)5-3-11/h2-5,10H,6-9H2,1H3. The fourth-order valence-electron chi connectivity index (χ4n) is 2.31. The van der Waals surface area contributed by atoms with Crippen LogP contribution in [0.4, 0.5) is 4.39 Å². The zero-order valence-electron chi connectivity index (χ0n) is 11.7. The fourth-order valence-corrected chi connectivity index (χ4v) is 2.31. The van der Waals surface area contributed by atoms with E-state index in [4.69, 9.17) is 9.15 Å². The van der Waals surface area contributed by atoms with Crippen LogP contribution >= 0.6 is 0 Å². The molecule has 3 rings (SSSR count). The molecule has 2 aromatic rings. The van der Waals surface area contributed by atoms with Crippen molar-refractivity contribution in [1.29, 1.82) is 0 Å². The summed E-state index contributed by atoms with van der Waals surface area (Å²) in [6, 6.07) is 5.67. The van der Waals surface area contributed by atoms with Gasteiger partial charge in [-0.05, 0) is 31.2 Å². The highest BCUT2D eigenvalue weighted by Gasteiger charge is 2.19. The van der Waals surface area contributed by atoms with Crippen molar-refractivity contribution in [2.45, 2.75) is 19.7 Å². The predicted octanol–water partition coefficient (Wildman–Crippen LogP) is 1.32. The molecule has 21 heavy (non-hydrogen) atoms. The number of rotatable bonds is 3. The van der Waals surface area contributed by atoms with Gasteiger partial charge in [0.2, 0.25) is 5.89 Å². The van der Waals surface area contributed by atoms with Crippen molar-refractivity contribution < 1.29 is 13.5 Å². The predicted molar refractivity (Wildman–Crippen MR) is 73.1 cm³/mol. The number of morpholine rings is 1. The van der Waals surface area contributed by atoms with Gasteiger partial charge in [-0.3, -0.25) is 4.90 Å². The summed E-state index contributed by atoms with van der Waals surface area (Å²) in [6.07, 6.45) is 0.137. The first-order chi connectivity index (χ1) is 10.1. The van der Waals surface area contributed by atoms with Crippen LogP contribution in [0.15, 0.2) is 33.5 Å². The molecule has 112 valence electrons. The van der Waals surface area contributed by atoms with Gasteiger partial charge in [-0.15, -0.1) is 5.10 Å². The second kappa shape index (κ2) is 5.79. The minimum atomic E-state index is -0.520. The van der Waals surface area contributed by atoms with E-state index in [1.165, 1.54) is 28.9 Å². The number of aromatic nitrogens is 2. The van der Waals surface area contributed by atoms with Crippen LogP contribution < -0.4 is 5.76 Å². The Bertz CT molecular complexity index is 665. The third-order valence-electron chi connectivity index (χ3n) is 3.36. The van der Waals surface area contributed by atoms with E-state index in [1.54, 1.807) is 0 Å². The molecule has 0 amide bonds. The Morgan fingerprint density at radius 1 is 1.38 bits per heavy atom. The summed E-state index contributed by atoms with van der Waals surface area (Å²) in [5.74, 6) is -0.669. The molecule has 0 spiro atoms. The smallest absolute Gasteiger partial charge is 0.388 e. The number of benzene rings is 1. The lowest BCUT2D eigenvalue weighted by Gasteiger charge is -2.30. The summed E-state index contributed by atoms with van der Waals surface area (Å²) < 4.78 is 24.7. The molecule has 0 bridgehead atoms. The molecule has 7 heteroatoms. The van der Waals surface area contributed by atoms with E-state index in [2.05, 4.69) is 10.00 Å². The monoisotopic (exact) mass is 293 g/mol.